The van der Waals surface area contributed by atoms with Crippen LogP contribution in [-0.2, 0) is 11.3 Å². The van der Waals surface area contributed by atoms with E-state index in [1.165, 1.54) is 23.8 Å². The number of hydrogen-bond acceptors (Lipinski definition) is 5. The first-order valence-electron chi connectivity index (χ1n) is 10.5. The molecule has 7 heteroatoms. The number of hydrogen-bond donors (Lipinski definition) is 0. The molecule has 3 heterocycles. The molecule has 2 amide bonds. The summed E-state index contributed by atoms with van der Waals surface area (Å²) in [5.41, 5.74) is 2.93. The van der Waals surface area contributed by atoms with E-state index in [0.717, 1.165) is 13.1 Å². The zero-order chi connectivity index (χ0) is 21.6. The predicted octanol–water partition coefficient (Wildman–Crippen LogP) is 3.56. The van der Waals surface area contributed by atoms with Gasteiger partial charge in [0.15, 0.2) is 0 Å². The predicted molar refractivity (Wildman–Crippen MR) is 117 cm³/mol. The van der Waals surface area contributed by atoms with E-state index in [1.807, 2.05) is 23.1 Å². The molecule has 0 saturated carbocycles. The zero-order valence-corrected chi connectivity index (χ0v) is 17.7. The lowest BCUT2D eigenvalue weighted by atomic mass is 10.1. The number of nitrogens with zero attached hydrogens (tertiary/aromatic N) is 3. The number of carbonyl (C=O) groups is 2. The van der Waals surface area contributed by atoms with Gasteiger partial charge in [-0.3, -0.25) is 9.59 Å². The molecule has 1 saturated heterocycles. The maximum Gasteiger partial charge on any atom is 0.257 e. The standard InChI is InChI=1S/C24H27N3O4/c1-19-5-2-3-7-22(19)25-11-13-26(14-12-25)23(28)8-10-27(17-21-6-4-15-31-21)24(29)20-9-16-30-18-20/h2-7,9,15-16,18H,8,10-14,17H2,1H3. The average molecular weight is 421 g/mol. The number of para-hydroxylation sites is 1. The molecule has 0 aliphatic carbocycles. The summed E-state index contributed by atoms with van der Waals surface area (Å²) in [4.78, 5) is 31.5. The third-order valence-corrected chi connectivity index (χ3v) is 5.67. The third kappa shape index (κ3) is 4.99. The minimum atomic E-state index is -0.178. The third-order valence-electron chi connectivity index (χ3n) is 5.67. The summed E-state index contributed by atoms with van der Waals surface area (Å²) in [5.74, 6) is 0.562. The van der Waals surface area contributed by atoms with Crippen LogP contribution in [0.3, 0.4) is 0 Å². The van der Waals surface area contributed by atoms with Crippen LogP contribution in [0.25, 0.3) is 0 Å². The number of amides is 2. The molecule has 1 aromatic carbocycles. The second-order valence-corrected chi connectivity index (χ2v) is 7.72. The van der Waals surface area contributed by atoms with Gasteiger partial charge >= 0.3 is 0 Å². The smallest absolute Gasteiger partial charge is 0.257 e. The van der Waals surface area contributed by atoms with Crippen molar-refractivity contribution in [2.24, 2.45) is 0 Å². The molecule has 0 unspecified atom stereocenters. The van der Waals surface area contributed by atoms with Crippen LogP contribution in [0.15, 0.2) is 70.1 Å². The fourth-order valence-corrected chi connectivity index (χ4v) is 3.92. The van der Waals surface area contributed by atoms with Crippen LogP contribution in [0, 0.1) is 6.92 Å². The van der Waals surface area contributed by atoms with Gasteiger partial charge in [-0.1, -0.05) is 18.2 Å². The van der Waals surface area contributed by atoms with E-state index >= 15 is 0 Å². The normalized spacial score (nSPS) is 14.0. The van der Waals surface area contributed by atoms with E-state index in [9.17, 15) is 9.59 Å². The van der Waals surface area contributed by atoms with Crippen molar-refractivity contribution in [2.45, 2.75) is 19.9 Å². The van der Waals surface area contributed by atoms with Crippen molar-refractivity contribution >= 4 is 17.5 Å². The van der Waals surface area contributed by atoms with Crippen molar-refractivity contribution in [1.29, 1.82) is 0 Å². The average Bonchev–Trinajstić information content (AvgIpc) is 3.51. The lowest BCUT2D eigenvalue weighted by molar-refractivity contribution is -0.131. The maximum atomic E-state index is 12.9. The van der Waals surface area contributed by atoms with Crippen LogP contribution < -0.4 is 4.90 Å². The first-order valence-corrected chi connectivity index (χ1v) is 10.5. The van der Waals surface area contributed by atoms with Crippen LogP contribution in [0.1, 0.15) is 28.1 Å². The lowest BCUT2D eigenvalue weighted by Gasteiger charge is -2.37. The fourth-order valence-electron chi connectivity index (χ4n) is 3.92. The molecule has 0 atom stereocenters. The lowest BCUT2D eigenvalue weighted by Crippen LogP contribution is -2.49. The topological polar surface area (TPSA) is 70.1 Å². The first-order chi connectivity index (χ1) is 15.1. The van der Waals surface area contributed by atoms with Crippen molar-refractivity contribution in [3.05, 3.63) is 78.1 Å². The Kier molecular flexibility index (Phi) is 6.40. The van der Waals surface area contributed by atoms with E-state index in [4.69, 9.17) is 8.83 Å². The van der Waals surface area contributed by atoms with E-state index in [0.29, 0.717) is 37.5 Å². The highest BCUT2D eigenvalue weighted by Gasteiger charge is 2.24. The zero-order valence-electron chi connectivity index (χ0n) is 17.7. The monoisotopic (exact) mass is 421 g/mol. The molecule has 1 aliphatic heterocycles. The Morgan fingerprint density at radius 3 is 2.48 bits per heavy atom. The van der Waals surface area contributed by atoms with Gasteiger partial charge < -0.3 is 23.5 Å². The molecular weight excluding hydrogens is 394 g/mol. The molecule has 31 heavy (non-hydrogen) atoms. The molecule has 1 aliphatic rings. The molecule has 0 N–H and O–H groups in total. The highest BCUT2D eigenvalue weighted by Crippen LogP contribution is 2.21. The van der Waals surface area contributed by atoms with Crippen LogP contribution in [0.5, 0.6) is 0 Å². The molecule has 0 spiro atoms. The quantitative estimate of drug-likeness (QED) is 0.583. The Labute approximate surface area is 181 Å². The molecular formula is C24H27N3O4. The number of anilines is 1. The molecule has 4 rings (SSSR count). The Morgan fingerprint density at radius 1 is 1.00 bits per heavy atom. The molecule has 0 bridgehead atoms. The van der Waals surface area contributed by atoms with Crippen molar-refractivity contribution in [3.63, 3.8) is 0 Å². The van der Waals surface area contributed by atoms with E-state index in [1.54, 1.807) is 23.3 Å². The number of piperazine rings is 1. The van der Waals surface area contributed by atoms with Gasteiger partial charge in [0.1, 0.15) is 12.0 Å². The summed E-state index contributed by atoms with van der Waals surface area (Å²) in [5, 5.41) is 0. The Morgan fingerprint density at radius 2 is 1.81 bits per heavy atom. The molecule has 2 aromatic heterocycles. The highest BCUT2D eigenvalue weighted by atomic mass is 16.3. The van der Waals surface area contributed by atoms with Crippen molar-refractivity contribution < 1.29 is 18.4 Å². The van der Waals surface area contributed by atoms with Crippen LogP contribution >= 0.6 is 0 Å². The van der Waals surface area contributed by atoms with Crippen LogP contribution in [-0.4, -0.2) is 54.3 Å². The van der Waals surface area contributed by atoms with E-state index in [2.05, 4.69) is 24.0 Å². The van der Waals surface area contributed by atoms with Gasteiger partial charge in [0.25, 0.3) is 5.91 Å². The first kappa shape index (κ1) is 20.8. The second kappa shape index (κ2) is 9.55. The molecule has 0 radical (unpaired) electrons. The highest BCUT2D eigenvalue weighted by molar-refractivity contribution is 5.94. The van der Waals surface area contributed by atoms with Gasteiger partial charge in [0.2, 0.25) is 5.91 Å². The second-order valence-electron chi connectivity index (χ2n) is 7.72. The minimum Gasteiger partial charge on any atom is -0.472 e. The van der Waals surface area contributed by atoms with E-state index < -0.39 is 0 Å². The number of benzene rings is 1. The number of furan rings is 2. The van der Waals surface area contributed by atoms with Crippen LogP contribution in [0.4, 0.5) is 5.69 Å². The van der Waals surface area contributed by atoms with Crippen molar-refractivity contribution in [1.82, 2.24) is 9.80 Å². The molecule has 3 aromatic rings. The summed E-state index contributed by atoms with van der Waals surface area (Å²) in [7, 11) is 0. The Bertz CT molecular complexity index is 990. The van der Waals surface area contributed by atoms with Gasteiger partial charge in [-0.2, -0.15) is 0 Å². The maximum absolute atomic E-state index is 12.9. The summed E-state index contributed by atoms with van der Waals surface area (Å²) in [6.07, 6.45) is 4.74. The summed E-state index contributed by atoms with van der Waals surface area (Å²) < 4.78 is 10.4. The van der Waals surface area contributed by atoms with Gasteiger partial charge in [0, 0.05) is 44.8 Å². The molecule has 7 nitrogen and oxygen atoms in total. The number of aryl methyl sites for hydroxylation is 1. The Balaban J connectivity index is 1.33. The molecule has 162 valence electrons. The van der Waals surface area contributed by atoms with Crippen molar-refractivity contribution in [2.75, 3.05) is 37.6 Å². The minimum absolute atomic E-state index is 0.0638. The summed E-state index contributed by atoms with van der Waals surface area (Å²) in [6.45, 7) is 5.72. The van der Waals surface area contributed by atoms with E-state index in [-0.39, 0.29) is 18.2 Å². The SMILES string of the molecule is Cc1ccccc1N1CCN(C(=O)CCN(Cc2ccco2)C(=O)c2ccoc2)CC1. The number of carbonyl (C=O) groups excluding carboxylic acids is 2. The Hall–Kier alpha value is -3.48. The van der Waals surface area contributed by atoms with Gasteiger partial charge in [-0.05, 0) is 36.8 Å². The summed E-state index contributed by atoms with van der Waals surface area (Å²) in [6, 6.07) is 13.6. The van der Waals surface area contributed by atoms with Gasteiger partial charge in [-0.15, -0.1) is 0 Å². The fraction of sp³-hybridized carbons (Fsp3) is 0.333. The van der Waals surface area contributed by atoms with Crippen LogP contribution in [0.2, 0.25) is 0 Å². The largest absolute Gasteiger partial charge is 0.472 e. The van der Waals surface area contributed by atoms with Crippen molar-refractivity contribution in [3.8, 4) is 0 Å². The number of rotatable bonds is 7. The van der Waals surface area contributed by atoms with Gasteiger partial charge in [-0.25, -0.2) is 0 Å². The molecule has 1 fully saturated rings. The van der Waals surface area contributed by atoms with Gasteiger partial charge in [0.05, 0.1) is 24.6 Å². The summed E-state index contributed by atoms with van der Waals surface area (Å²) >= 11 is 0.